The second-order valence-electron chi connectivity index (χ2n) is 9.24. The third-order valence-electron chi connectivity index (χ3n) is 6.99. The Morgan fingerprint density at radius 2 is 1.57 bits per heavy atom. The van der Waals surface area contributed by atoms with Gasteiger partial charge in [-0.15, -0.1) is 0 Å². The van der Waals surface area contributed by atoms with Crippen LogP contribution >= 0.6 is 23.2 Å². The lowest BCUT2D eigenvalue weighted by atomic mass is 9.53. The summed E-state index contributed by atoms with van der Waals surface area (Å²) in [5, 5.41) is 5.11. The monoisotopic (exact) mass is 415 g/mol. The molecule has 2 aromatic carbocycles. The van der Waals surface area contributed by atoms with Crippen LogP contribution in [-0.2, 0) is 13.2 Å². The minimum atomic E-state index is 0.395. The molecule has 0 aliphatic heterocycles. The predicted molar refractivity (Wildman–Crippen MR) is 115 cm³/mol. The Labute approximate surface area is 177 Å². The molecule has 0 spiro atoms. The highest BCUT2D eigenvalue weighted by atomic mass is 35.5. The summed E-state index contributed by atoms with van der Waals surface area (Å²) >= 11 is 12.1. The molecule has 2 aromatic rings. The maximum absolute atomic E-state index is 6.10. The maximum Gasteiger partial charge on any atom is 0.120 e. The molecule has 4 heteroatoms. The zero-order valence-corrected chi connectivity index (χ0v) is 17.6. The highest BCUT2D eigenvalue weighted by Gasteiger charge is 2.50. The summed E-state index contributed by atoms with van der Waals surface area (Å²) in [6.07, 6.45) is 8.60. The highest BCUT2D eigenvalue weighted by Crippen LogP contribution is 2.55. The van der Waals surface area contributed by atoms with Crippen molar-refractivity contribution in [3.8, 4) is 5.75 Å². The Kier molecular flexibility index (Phi) is 5.07. The van der Waals surface area contributed by atoms with Gasteiger partial charge >= 0.3 is 0 Å². The average Bonchev–Trinajstić information content (AvgIpc) is 2.67. The SMILES string of the molecule is Clc1ccc(COc2cccc(CNC34CC5CC(CC(C5)C3)C4)c2)cc1Cl. The van der Waals surface area contributed by atoms with E-state index in [0.717, 1.165) is 35.6 Å². The second kappa shape index (κ2) is 7.55. The van der Waals surface area contributed by atoms with Gasteiger partial charge in [0.1, 0.15) is 12.4 Å². The zero-order chi connectivity index (χ0) is 19.1. The Morgan fingerprint density at radius 3 is 2.25 bits per heavy atom. The van der Waals surface area contributed by atoms with Gasteiger partial charge in [-0.2, -0.15) is 0 Å². The van der Waals surface area contributed by atoms with E-state index in [2.05, 4.69) is 23.5 Å². The minimum Gasteiger partial charge on any atom is -0.489 e. The van der Waals surface area contributed by atoms with Crippen molar-refractivity contribution in [1.82, 2.24) is 5.32 Å². The van der Waals surface area contributed by atoms with Gasteiger partial charge in [0, 0.05) is 12.1 Å². The van der Waals surface area contributed by atoms with Gasteiger partial charge in [0.05, 0.1) is 10.0 Å². The molecule has 4 bridgehead atoms. The fraction of sp³-hybridized carbons (Fsp3) is 0.500. The highest BCUT2D eigenvalue weighted by molar-refractivity contribution is 6.42. The van der Waals surface area contributed by atoms with E-state index < -0.39 is 0 Å². The maximum atomic E-state index is 6.10. The summed E-state index contributed by atoms with van der Waals surface area (Å²) in [7, 11) is 0. The molecule has 28 heavy (non-hydrogen) atoms. The Morgan fingerprint density at radius 1 is 0.857 bits per heavy atom. The van der Waals surface area contributed by atoms with Crippen LogP contribution in [0.2, 0.25) is 10.0 Å². The van der Waals surface area contributed by atoms with Crippen LogP contribution in [0.15, 0.2) is 42.5 Å². The molecular weight excluding hydrogens is 389 g/mol. The van der Waals surface area contributed by atoms with Gasteiger partial charge in [-0.1, -0.05) is 41.4 Å². The molecule has 0 atom stereocenters. The lowest BCUT2D eigenvalue weighted by Gasteiger charge is -2.57. The number of rotatable bonds is 6. The lowest BCUT2D eigenvalue weighted by Crippen LogP contribution is -2.58. The fourth-order valence-electron chi connectivity index (χ4n) is 6.16. The number of hydrogen-bond donors (Lipinski definition) is 1. The van der Waals surface area contributed by atoms with Crippen molar-refractivity contribution in [3.05, 3.63) is 63.6 Å². The van der Waals surface area contributed by atoms with Gasteiger partial charge in [-0.25, -0.2) is 0 Å². The van der Waals surface area contributed by atoms with E-state index in [4.69, 9.17) is 27.9 Å². The molecule has 0 aromatic heterocycles. The molecular formula is C24H27Cl2NO. The Hall–Kier alpha value is -1.22. The number of nitrogens with one attached hydrogen (secondary N) is 1. The van der Waals surface area contributed by atoms with Crippen LogP contribution in [-0.4, -0.2) is 5.54 Å². The van der Waals surface area contributed by atoms with Crippen LogP contribution in [0, 0.1) is 17.8 Å². The fourth-order valence-corrected chi connectivity index (χ4v) is 6.48. The van der Waals surface area contributed by atoms with Crippen LogP contribution in [0.5, 0.6) is 5.75 Å². The van der Waals surface area contributed by atoms with Crippen LogP contribution in [0.3, 0.4) is 0 Å². The van der Waals surface area contributed by atoms with Crippen molar-refractivity contribution in [2.24, 2.45) is 17.8 Å². The van der Waals surface area contributed by atoms with Crippen molar-refractivity contribution in [2.75, 3.05) is 0 Å². The molecule has 4 fully saturated rings. The summed E-state index contributed by atoms with van der Waals surface area (Å²) < 4.78 is 5.99. The van der Waals surface area contributed by atoms with Gasteiger partial charge in [-0.3, -0.25) is 0 Å². The topological polar surface area (TPSA) is 21.3 Å². The zero-order valence-electron chi connectivity index (χ0n) is 16.1. The predicted octanol–water partition coefficient (Wildman–Crippen LogP) is 6.63. The molecule has 4 aliphatic rings. The summed E-state index contributed by atoms with van der Waals surface area (Å²) in [6, 6.07) is 14.1. The third-order valence-corrected chi connectivity index (χ3v) is 7.73. The van der Waals surface area contributed by atoms with Crippen molar-refractivity contribution in [3.63, 3.8) is 0 Å². The van der Waals surface area contributed by atoms with E-state index in [0.29, 0.717) is 22.2 Å². The van der Waals surface area contributed by atoms with Gasteiger partial charge in [0.25, 0.3) is 0 Å². The molecule has 0 amide bonds. The summed E-state index contributed by atoms with van der Waals surface area (Å²) in [5.74, 6) is 3.81. The van der Waals surface area contributed by atoms with Crippen LogP contribution < -0.4 is 10.1 Å². The molecule has 0 radical (unpaired) electrons. The molecule has 6 rings (SSSR count). The molecule has 0 unspecified atom stereocenters. The average molecular weight is 416 g/mol. The third kappa shape index (κ3) is 3.92. The van der Waals surface area contributed by atoms with E-state index in [1.165, 1.54) is 44.1 Å². The van der Waals surface area contributed by atoms with Crippen LogP contribution in [0.25, 0.3) is 0 Å². The summed E-state index contributed by atoms with van der Waals surface area (Å²) in [5.41, 5.74) is 2.71. The van der Waals surface area contributed by atoms with Gasteiger partial charge in [-0.05, 0) is 91.7 Å². The van der Waals surface area contributed by atoms with E-state index in [1.54, 1.807) is 0 Å². The Balaban J connectivity index is 1.21. The molecule has 4 saturated carbocycles. The smallest absolute Gasteiger partial charge is 0.120 e. The van der Waals surface area contributed by atoms with E-state index in [1.807, 2.05) is 24.3 Å². The first kappa shape index (κ1) is 18.8. The molecule has 2 nitrogen and oxygen atoms in total. The summed E-state index contributed by atoms with van der Waals surface area (Å²) in [6.45, 7) is 1.42. The van der Waals surface area contributed by atoms with Crippen molar-refractivity contribution in [2.45, 2.75) is 57.2 Å². The van der Waals surface area contributed by atoms with Crippen molar-refractivity contribution >= 4 is 23.2 Å². The van der Waals surface area contributed by atoms with Gasteiger partial charge in [0.2, 0.25) is 0 Å². The molecule has 0 heterocycles. The Bertz CT molecular complexity index is 830. The quantitative estimate of drug-likeness (QED) is 0.571. The van der Waals surface area contributed by atoms with E-state index in [-0.39, 0.29) is 0 Å². The van der Waals surface area contributed by atoms with Gasteiger partial charge < -0.3 is 10.1 Å². The number of halogens is 2. The summed E-state index contributed by atoms with van der Waals surface area (Å²) in [4.78, 5) is 0. The second-order valence-corrected chi connectivity index (χ2v) is 10.1. The first-order chi connectivity index (χ1) is 13.6. The van der Waals surface area contributed by atoms with Crippen molar-refractivity contribution < 1.29 is 4.74 Å². The molecule has 148 valence electrons. The molecule has 0 saturated heterocycles. The molecule has 4 aliphatic carbocycles. The number of ether oxygens (including phenoxy) is 1. The largest absolute Gasteiger partial charge is 0.489 e. The van der Waals surface area contributed by atoms with Crippen LogP contribution in [0.1, 0.15) is 49.7 Å². The van der Waals surface area contributed by atoms with Crippen LogP contribution in [0.4, 0.5) is 0 Å². The van der Waals surface area contributed by atoms with E-state index in [9.17, 15) is 0 Å². The standard InChI is InChI=1S/C24H27Cl2NO/c25-22-5-4-17(10-23(22)26)15-28-21-3-1-2-16(9-21)14-27-24-11-18-6-19(12-24)8-20(7-18)13-24/h1-5,9-10,18-20,27H,6-8,11-15H2. The minimum absolute atomic E-state index is 0.395. The van der Waals surface area contributed by atoms with Crippen molar-refractivity contribution in [1.29, 1.82) is 0 Å². The normalized spacial score (nSPS) is 30.6. The van der Waals surface area contributed by atoms with Gasteiger partial charge in [0.15, 0.2) is 0 Å². The van der Waals surface area contributed by atoms with E-state index >= 15 is 0 Å². The first-order valence-electron chi connectivity index (χ1n) is 10.5. The molecule has 1 N–H and O–H groups in total. The number of benzene rings is 2. The lowest BCUT2D eigenvalue weighted by molar-refractivity contribution is -0.0206. The number of hydrogen-bond acceptors (Lipinski definition) is 2. The first-order valence-corrected chi connectivity index (χ1v) is 11.2.